The molecule has 0 aliphatic heterocycles. The van der Waals surface area contributed by atoms with Crippen molar-refractivity contribution >= 4 is 17.8 Å². The van der Waals surface area contributed by atoms with Crippen LogP contribution in [0.15, 0.2) is 24.3 Å². The Kier molecular flexibility index (Phi) is 16.1. The maximum Gasteiger partial charge on any atom is 0.312 e. The van der Waals surface area contributed by atoms with Gasteiger partial charge in [0.25, 0.3) is 5.91 Å². The molecule has 10 nitrogen and oxygen atoms in total. The fraction of sp³-hybridized carbons (Fsp3) is 0.719. The third kappa shape index (κ3) is 12.7. The number of aliphatic hydroxyl groups excluding tert-OH is 1. The van der Waals surface area contributed by atoms with Gasteiger partial charge in [-0.25, -0.2) is 0 Å². The lowest BCUT2D eigenvalue weighted by molar-refractivity contribution is -0.166. The quantitative estimate of drug-likeness (QED) is 0.112. The molecule has 240 valence electrons. The topological polar surface area (TPSA) is 149 Å². The highest BCUT2D eigenvalue weighted by atomic mass is 16.7. The SMILES string of the molecule is CCCCNC(=O)[C@@H](C[C@H](O)[C@H](C[C@@H](C(C)C)C(N)NC(=O)c1ccccc1OCOC)C(=O)OC(C)(C)C)C(C)C. The van der Waals surface area contributed by atoms with Crippen LogP contribution in [-0.2, 0) is 19.1 Å². The summed E-state index contributed by atoms with van der Waals surface area (Å²) in [5, 5.41) is 17.3. The number of esters is 1. The molecule has 0 saturated carbocycles. The molecule has 5 atom stereocenters. The number of aliphatic hydroxyl groups is 1. The number of carbonyl (C=O) groups is 3. The van der Waals surface area contributed by atoms with Crippen LogP contribution in [0.3, 0.4) is 0 Å². The second-order valence-corrected chi connectivity index (χ2v) is 12.6. The van der Waals surface area contributed by atoms with Crippen LogP contribution in [0.25, 0.3) is 0 Å². The lowest BCUT2D eigenvalue weighted by Gasteiger charge is -2.34. The van der Waals surface area contributed by atoms with Gasteiger partial charge in [-0.2, -0.15) is 0 Å². The second kappa shape index (κ2) is 18.1. The van der Waals surface area contributed by atoms with Gasteiger partial charge >= 0.3 is 5.97 Å². The van der Waals surface area contributed by atoms with Gasteiger partial charge in [-0.05, 0) is 69.9 Å². The highest BCUT2D eigenvalue weighted by Crippen LogP contribution is 2.31. The van der Waals surface area contributed by atoms with Gasteiger partial charge < -0.3 is 35.7 Å². The molecule has 0 saturated heterocycles. The van der Waals surface area contributed by atoms with E-state index in [1.165, 1.54) is 7.11 Å². The zero-order valence-electron chi connectivity index (χ0n) is 27.1. The summed E-state index contributed by atoms with van der Waals surface area (Å²) >= 11 is 0. The van der Waals surface area contributed by atoms with Crippen molar-refractivity contribution in [3.8, 4) is 5.75 Å². The van der Waals surface area contributed by atoms with E-state index in [1.54, 1.807) is 45.0 Å². The fourth-order valence-electron chi connectivity index (χ4n) is 4.78. The molecular formula is C32H55N3O7. The van der Waals surface area contributed by atoms with Crippen LogP contribution in [0.2, 0.25) is 0 Å². The van der Waals surface area contributed by atoms with Gasteiger partial charge in [0.2, 0.25) is 5.91 Å². The van der Waals surface area contributed by atoms with E-state index in [4.69, 9.17) is 19.9 Å². The Balaban J connectivity index is 3.23. The summed E-state index contributed by atoms with van der Waals surface area (Å²) in [6.45, 7) is 15.6. The molecule has 0 fully saturated rings. The van der Waals surface area contributed by atoms with Crippen molar-refractivity contribution in [3.63, 3.8) is 0 Å². The smallest absolute Gasteiger partial charge is 0.312 e. The van der Waals surface area contributed by atoms with Gasteiger partial charge in [-0.15, -0.1) is 0 Å². The molecule has 0 aliphatic carbocycles. The maximum atomic E-state index is 13.5. The normalized spacial score (nSPS) is 15.5. The molecule has 0 bridgehead atoms. The van der Waals surface area contributed by atoms with Crippen molar-refractivity contribution in [2.24, 2.45) is 35.3 Å². The standard InChI is InChI=1S/C32H55N3O7/c1-10-11-16-34-29(37)24(21(4)5)18-26(36)25(31(39)42-32(6,7)8)17-23(20(2)3)28(33)35-30(38)22-14-12-13-15-27(22)41-19-40-9/h12-15,20-21,23-26,28,36H,10-11,16-19,33H2,1-9H3,(H,34,37)(H,35,38)/t23-,24-,25-,26-,28?/m0/s1. The van der Waals surface area contributed by atoms with Gasteiger partial charge in [-0.3, -0.25) is 14.4 Å². The Morgan fingerprint density at radius 3 is 2.19 bits per heavy atom. The number of para-hydroxylation sites is 1. The monoisotopic (exact) mass is 593 g/mol. The molecule has 1 rings (SSSR count). The first kappa shape index (κ1) is 37.3. The summed E-state index contributed by atoms with van der Waals surface area (Å²) in [5.74, 6) is -2.74. The summed E-state index contributed by atoms with van der Waals surface area (Å²) in [7, 11) is 1.49. The van der Waals surface area contributed by atoms with E-state index in [9.17, 15) is 19.5 Å². The number of amides is 2. The van der Waals surface area contributed by atoms with Crippen molar-refractivity contribution in [2.45, 2.75) is 98.9 Å². The Bertz CT molecular complexity index is 977. The third-order valence-electron chi connectivity index (χ3n) is 7.25. The number of rotatable bonds is 18. The van der Waals surface area contributed by atoms with Crippen LogP contribution >= 0.6 is 0 Å². The zero-order chi connectivity index (χ0) is 32.0. The van der Waals surface area contributed by atoms with Crippen LogP contribution in [0.5, 0.6) is 5.75 Å². The van der Waals surface area contributed by atoms with Crippen LogP contribution in [0.1, 0.15) is 91.4 Å². The van der Waals surface area contributed by atoms with Gasteiger partial charge in [-0.1, -0.05) is 53.2 Å². The Hall–Kier alpha value is -2.69. The fourth-order valence-corrected chi connectivity index (χ4v) is 4.78. The number of nitrogens with two attached hydrogens (primary N) is 1. The molecular weight excluding hydrogens is 538 g/mol. The van der Waals surface area contributed by atoms with Crippen molar-refractivity contribution in [3.05, 3.63) is 29.8 Å². The van der Waals surface area contributed by atoms with Crippen molar-refractivity contribution in [1.29, 1.82) is 0 Å². The first-order valence-electron chi connectivity index (χ1n) is 15.1. The average Bonchev–Trinajstić information content (AvgIpc) is 2.89. The first-order chi connectivity index (χ1) is 19.6. The largest absolute Gasteiger partial charge is 0.467 e. The van der Waals surface area contributed by atoms with Gasteiger partial charge in [0.05, 0.1) is 23.8 Å². The lowest BCUT2D eigenvalue weighted by atomic mass is 9.78. The predicted molar refractivity (Wildman–Crippen MR) is 164 cm³/mol. The number of carbonyl (C=O) groups excluding carboxylic acids is 3. The summed E-state index contributed by atoms with van der Waals surface area (Å²) in [6, 6.07) is 6.76. The summed E-state index contributed by atoms with van der Waals surface area (Å²) in [4.78, 5) is 39.7. The molecule has 1 unspecified atom stereocenters. The van der Waals surface area contributed by atoms with Crippen LogP contribution in [0.4, 0.5) is 0 Å². The minimum Gasteiger partial charge on any atom is -0.467 e. The average molecular weight is 594 g/mol. The summed E-state index contributed by atoms with van der Waals surface area (Å²) in [5.41, 5.74) is 6.07. The maximum absolute atomic E-state index is 13.5. The van der Waals surface area contributed by atoms with E-state index in [-0.39, 0.29) is 37.4 Å². The molecule has 0 radical (unpaired) electrons. The van der Waals surface area contributed by atoms with Crippen LogP contribution in [-0.4, -0.2) is 61.2 Å². The predicted octanol–water partition coefficient (Wildman–Crippen LogP) is 4.24. The number of ether oxygens (including phenoxy) is 3. The highest BCUT2D eigenvalue weighted by Gasteiger charge is 2.39. The highest BCUT2D eigenvalue weighted by molar-refractivity contribution is 5.97. The van der Waals surface area contributed by atoms with E-state index < -0.39 is 47.5 Å². The van der Waals surface area contributed by atoms with Crippen molar-refractivity contribution in [1.82, 2.24) is 10.6 Å². The molecule has 1 aromatic rings. The molecule has 1 aromatic carbocycles. The molecule has 2 amide bonds. The molecule has 0 spiro atoms. The van der Waals surface area contributed by atoms with Crippen molar-refractivity contribution < 1.29 is 33.7 Å². The number of hydrogen-bond donors (Lipinski definition) is 4. The summed E-state index contributed by atoms with van der Waals surface area (Å²) < 4.78 is 16.2. The molecule has 0 aromatic heterocycles. The molecule has 5 N–H and O–H groups in total. The van der Waals surface area contributed by atoms with Crippen molar-refractivity contribution in [2.75, 3.05) is 20.4 Å². The van der Waals surface area contributed by atoms with Gasteiger partial charge in [0, 0.05) is 19.6 Å². The first-order valence-corrected chi connectivity index (χ1v) is 15.1. The van der Waals surface area contributed by atoms with Crippen LogP contribution in [0, 0.1) is 29.6 Å². The van der Waals surface area contributed by atoms with Crippen LogP contribution < -0.4 is 21.1 Å². The number of unbranched alkanes of at least 4 members (excludes halogenated alkanes) is 1. The number of hydrogen-bond acceptors (Lipinski definition) is 8. The number of methoxy groups -OCH3 is 1. The van der Waals surface area contributed by atoms with E-state index in [2.05, 4.69) is 10.6 Å². The van der Waals surface area contributed by atoms with E-state index in [1.807, 2.05) is 34.6 Å². The molecule has 42 heavy (non-hydrogen) atoms. The summed E-state index contributed by atoms with van der Waals surface area (Å²) in [6.07, 6.45) is 0.0622. The van der Waals surface area contributed by atoms with E-state index in [0.29, 0.717) is 17.9 Å². The Morgan fingerprint density at radius 2 is 1.64 bits per heavy atom. The minimum absolute atomic E-state index is 0.0194. The minimum atomic E-state index is -1.16. The molecule has 0 aliphatic rings. The number of benzene rings is 1. The lowest BCUT2D eigenvalue weighted by Crippen LogP contribution is -2.50. The molecule has 0 heterocycles. The number of nitrogens with one attached hydrogen (secondary N) is 2. The third-order valence-corrected chi connectivity index (χ3v) is 7.25. The zero-order valence-corrected chi connectivity index (χ0v) is 27.1. The van der Waals surface area contributed by atoms with Gasteiger partial charge in [0.1, 0.15) is 11.4 Å². The van der Waals surface area contributed by atoms with Gasteiger partial charge in [0.15, 0.2) is 6.79 Å². The Labute approximate surface area is 252 Å². The molecule has 10 heteroatoms. The second-order valence-electron chi connectivity index (χ2n) is 12.6. The van der Waals surface area contributed by atoms with E-state index >= 15 is 0 Å². The Morgan fingerprint density at radius 1 is 1.00 bits per heavy atom. The van der Waals surface area contributed by atoms with E-state index in [0.717, 1.165) is 12.8 Å².